The van der Waals surface area contributed by atoms with Crippen LogP contribution in [0.4, 0.5) is 0 Å². The highest BCUT2D eigenvalue weighted by Crippen LogP contribution is 2.08. The summed E-state index contributed by atoms with van der Waals surface area (Å²) in [6.45, 7) is 8.33. The van der Waals surface area contributed by atoms with E-state index in [0.29, 0.717) is 11.3 Å². The molecule has 5 heteroatoms. The van der Waals surface area contributed by atoms with Crippen LogP contribution >= 0.6 is 0 Å². The largest absolute Gasteiger partial charge is 0.240 e. The highest BCUT2D eigenvalue weighted by atomic mass is 32.2. The molecule has 1 atom stereocenters. The molecule has 1 rings (SSSR count). The van der Waals surface area contributed by atoms with Crippen LogP contribution in [0.2, 0.25) is 19.6 Å². The van der Waals surface area contributed by atoms with Gasteiger partial charge in [-0.05, 0) is 19.1 Å². The lowest BCUT2D eigenvalue weighted by atomic mass is 10.3. The lowest BCUT2D eigenvalue weighted by Crippen LogP contribution is -2.32. The molecule has 1 unspecified atom stereocenters. The van der Waals surface area contributed by atoms with Crippen molar-refractivity contribution >= 4 is 18.1 Å². The summed E-state index contributed by atoms with van der Waals surface area (Å²) in [4.78, 5) is 0.292. The van der Waals surface area contributed by atoms with E-state index in [9.17, 15) is 8.42 Å². The molecule has 1 N–H and O–H groups in total. The zero-order chi connectivity index (χ0) is 14.5. The van der Waals surface area contributed by atoms with Crippen LogP contribution in [-0.2, 0) is 10.0 Å². The lowest BCUT2D eigenvalue weighted by molar-refractivity contribution is 0.563. The molecule has 19 heavy (non-hydrogen) atoms. The Labute approximate surface area is 117 Å². The van der Waals surface area contributed by atoms with Crippen LogP contribution in [0.5, 0.6) is 0 Å². The van der Waals surface area contributed by atoms with Crippen molar-refractivity contribution in [1.82, 2.24) is 4.72 Å². The Kier molecular flexibility index (Phi) is 5.35. The van der Waals surface area contributed by atoms with E-state index >= 15 is 0 Å². The number of nitrogens with one attached hydrogen (secondary N) is 1. The van der Waals surface area contributed by atoms with Gasteiger partial charge in [0.1, 0.15) is 8.07 Å². The molecular weight excluding hydrogens is 274 g/mol. The zero-order valence-electron chi connectivity index (χ0n) is 11.9. The van der Waals surface area contributed by atoms with Gasteiger partial charge >= 0.3 is 0 Å². The molecule has 0 aliphatic heterocycles. The van der Waals surface area contributed by atoms with Gasteiger partial charge in [-0.15, -0.1) is 11.5 Å². The van der Waals surface area contributed by atoms with Crippen molar-refractivity contribution in [3.05, 3.63) is 30.3 Å². The molecule has 0 amide bonds. The highest BCUT2D eigenvalue weighted by molar-refractivity contribution is 7.89. The molecule has 0 aliphatic rings. The van der Waals surface area contributed by atoms with E-state index in [1.807, 2.05) is 6.92 Å². The predicted molar refractivity (Wildman–Crippen MR) is 82.0 cm³/mol. The number of benzene rings is 1. The normalized spacial score (nSPS) is 13.5. The number of rotatable bonds is 4. The van der Waals surface area contributed by atoms with Gasteiger partial charge in [0.25, 0.3) is 0 Å². The number of hydrogen-bond donors (Lipinski definition) is 1. The highest BCUT2D eigenvalue weighted by Gasteiger charge is 2.16. The van der Waals surface area contributed by atoms with Gasteiger partial charge in [0.2, 0.25) is 10.0 Å². The first-order chi connectivity index (χ1) is 8.71. The minimum Gasteiger partial charge on any atom is -0.207 e. The molecule has 1 aromatic carbocycles. The summed E-state index contributed by atoms with van der Waals surface area (Å²) in [6.07, 6.45) is 0.538. The van der Waals surface area contributed by atoms with Gasteiger partial charge in [-0.3, -0.25) is 0 Å². The molecule has 0 heterocycles. The SMILES string of the molecule is CC(CC#C[Si](C)(C)C)NS(=O)(=O)c1ccccc1. The van der Waals surface area contributed by atoms with Crippen LogP contribution in [0.1, 0.15) is 13.3 Å². The first kappa shape index (κ1) is 16.0. The van der Waals surface area contributed by atoms with Crippen LogP contribution in [-0.4, -0.2) is 22.5 Å². The molecule has 104 valence electrons. The number of sulfonamides is 1. The van der Waals surface area contributed by atoms with Gasteiger partial charge < -0.3 is 0 Å². The topological polar surface area (TPSA) is 46.2 Å². The van der Waals surface area contributed by atoms with Crippen LogP contribution in [0.3, 0.4) is 0 Å². The van der Waals surface area contributed by atoms with Crippen molar-refractivity contribution < 1.29 is 8.42 Å². The van der Waals surface area contributed by atoms with E-state index < -0.39 is 18.1 Å². The summed E-state index contributed by atoms with van der Waals surface area (Å²) in [5, 5.41) is 0. The van der Waals surface area contributed by atoms with Crippen molar-refractivity contribution in [3.63, 3.8) is 0 Å². The van der Waals surface area contributed by atoms with Crippen molar-refractivity contribution in [1.29, 1.82) is 0 Å². The minimum absolute atomic E-state index is 0.186. The molecule has 0 saturated heterocycles. The quantitative estimate of drug-likeness (QED) is 0.685. The standard InChI is InChI=1S/C14H21NO2SSi/c1-13(9-8-12-19(2,3)4)15-18(16,17)14-10-6-5-7-11-14/h5-7,10-11,13,15H,9H2,1-4H3. The second-order valence-electron chi connectivity index (χ2n) is 5.59. The van der Waals surface area contributed by atoms with E-state index in [0.717, 1.165) is 0 Å². The molecule has 0 saturated carbocycles. The van der Waals surface area contributed by atoms with E-state index in [2.05, 4.69) is 35.8 Å². The maximum atomic E-state index is 12.1. The smallest absolute Gasteiger partial charge is 0.207 e. The average molecular weight is 295 g/mol. The summed E-state index contributed by atoms with van der Waals surface area (Å²) < 4.78 is 26.7. The summed E-state index contributed by atoms with van der Waals surface area (Å²) >= 11 is 0. The molecule has 0 spiro atoms. The molecule has 1 aromatic rings. The van der Waals surface area contributed by atoms with Crippen molar-refractivity contribution in [2.24, 2.45) is 0 Å². The van der Waals surface area contributed by atoms with Gasteiger partial charge in [-0.25, -0.2) is 13.1 Å². The summed E-state index contributed by atoms with van der Waals surface area (Å²) in [6, 6.07) is 8.20. The molecule has 0 aliphatic carbocycles. The van der Waals surface area contributed by atoms with Gasteiger partial charge in [0.05, 0.1) is 4.90 Å². The van der Waals surface area contributed by atoms with Gasteiger partial charge in [0.15, 0.2) is 0 Å². The molecule has 0 bridgehead atoms. The molecule has 0 radical (unpaired) electrons. The second-order valence-corrected chi connectivity index (χ2v) is 12.1. The van der Waals surface area contributed by atoms with Crippen molar-refractivity contribution in [3.8, 4) is 11.5 Å². The van der Waals surface area contributed by atoms with Crippen LogP contribution in [0.15, 0.2) is 35.2 Å². The monoisotopic (exact) mass is 295 g/mol. The van der Waals surface area contributed by atoms with E-state index in [1.54, 1.807) is 30.3 Å². The van der Waals surface area contributed by atoms with Crippen molar-refractivity contribution in [2.75, 3.05) is 0 Å². The maximum Gasteiger partial charge on any atom is 0.240 e. The van der Waals surface area contributed by atoms with Gasteiger partial charge in [-0.2, -0.15) is 0 Å². The average Bonchev–Trinajstić information content (AvgIpc) is 2.27. The lowest BCUT2D eigenvalue weighted by Gasteiger charge is -2.12. The summed E-state index contributed by atoms with van der Waals surface area (Å²) in [5.74, 6) is 3.08. The first-order valence-electron chi connectivity index (χ1n) is 6.28. The summed E-state index contributed by atoms with van der Waals surface area (Å²) in [5.41, 5.74) is 3.23. The van der Waals surface area contributed by atoms with Crippen molar-refractivity contribution in [2.45, 2.75) is 43.9 Å². The summed E-state index contributed by atoms with van der Waals surface area (Å²) in [7, 11) is -4.82. The Balaban J connectivity index is 2.67. The first-order valence-corrected chi connectivity index (χ1v) is 11.3. The molecule has 0 aromatic heterocycles. The fourth-order valence-electron chi connectivity index (χ4n) is 1.44. The third-order valence-corrected chi connectivity index (χ3v) is 4.81. The Morgan fingerprint density at radius 3 is 2.32 bits per heavy atom. The molecule has 0 fully saturated rings. The van der Waals surface area contributed by atoms with E-state index in [-0.39, 0.29) is 6.04 Å². The van der Waals surface area contributed by atoms with Gasteiger partial charge in [0, 0.05) is 12.5 Å². The van der Waals surface area contributed by atoms with Crippen LogP contribution in [0, 0.1) is 11.5 Å². The predicted octanol–water partition coefficient (Wildman–Crippen LogP) is 2.62. The second kappa shape index (κ2) is 6.37. The Morgan fingerprint density at radius 1 is 1.21 bits per heavy atom. The number of hydrogen-bond acceptors (Lipinski definition) is 2. The van der Waals surface area contributed by atoms with Crippen LogP contribution < -0.4 is 4.72 Å². The van der Waals surface area contributed by atoms with E-state index in [1.165, 1.54) is 0 Å². The molecule has 3 nitrogen and oxygen atoms in total. The third-order valence-electron chi connectivity index (χ3n) is 2.28. The Bertz CT molecular complexity index is 565. The van der Waals surface area contributed by atoms with Crippen LogP contribution in [0.25, 0.3) is 0 Å². The zero-order valence-corrected chi connectivity index (χ0v) is 13.7. The van der Waals surface area contributed by atoms with E-state index in [4.69, 9.17) is 0 Å². The van der Waals surface area contributed by atoms with Gasteiger partial charge in [-0.1, -0.05) is 37.8 Å². The third kappa shape index (κ3) is 6.06. The maximum absolute atomic E-state index is 12.1. The fourth-order valence-corrected chi connectivity index (χ4v) is 3.34. The minimum atomic E-state index is -3.43. The fraction of sp³-hybridized carbons (Fsp3) is 0.429. The Hall–Kier alpha value is -1.09. The molecular formula is C14H21NO2SSi. The Morgan fingerprint density at radius 2 is 1.79 bits per heavy atom.